The van der Waals surface area contributed by atoms with Crippen LogP contribution in [0.1, 0.15) is 25.8 Å². The molecule has 3 heteroatoms. The van der Waals surface area contributed by atoms with Crippen LogP contribution >= 0.6 is 11.6 Å². The number of halogens is 1. The summed E-state index contributed by atoms with van der Waals surface area (Å²) in [6, 6.07) is 7.86. The monoisotopic (exact) mass is 241 g/mol. The quantitative estimate of drug-likeness (QED) is 0.831. The van der Waals surface area contributed by atoms with Crippen LogP contribution in [-0.2, 0) is 11.2 Å². The Morgan fingerprint density at radius 2 is 1.88 bits per heavy atom. The van der Waals surface area contributed by atoms with E-state index in [2.05, 4.69) is 6.92 Å². The number of benzene rings is 1. The Balaban J connectivity index is 2.55. The predicted molar refractivity (Wildman–Crippen MR) is 68.8 cm³/mol. The molecule has 0 bridgehead atoms. The third-order valence-corrected chi connectivity index (χ3v) is 2.90. The topological polar surface area (TPSA) is 35.2 Å². The molecule has 1 aromatic rings. The number of hydrogen-bond acceptors (Lipinski definition) is 2. The normalized spacial score (nSPS) is 14.8. The van der Waals surface area contributed by atoms with Crippen molar-refractivity contribution < 1.29 is 4.74 Å². The highest BCUT2D eigenvalue weighted by molar-refractivity contribution is 6.30. The SMILES string of the molecule is CCOC(CC)C(N)Cc1ccc(Cl)cc1. The molecule has 0 aliphatic heterocycles. The summed E-state index contributed by atoms with van der Waals surface area (Å²) in [7, 11) is 0. The van der Waals surface area contributed by atoms with Gasteiger partial charge >= 0.3 is 0 Å². The zero-order valence-electron chi connectivity index (χ0n) is 9.95. The van der Waals surface area contributed by atoms with Gasteiger partial charge in [-0.3, -0.25) is 0 Å². The van der Waals surface area contributed by atoms with Crippen LogP contribution in [0.3, 0.4) is 0 Å². The largest absolute Gasteiger partial charge is 0.377 e. The smallest absolute Gasteiger partial charge is 0.0726 e. The third-order valence-electron chi connectivity index (χ3n) is 2.65. The zero-order chi connectivity index (χ0) is 12.0. The molecule has 1 aromatic carbocycles. The van der Waals surface area contributed by atoms with E-state index >= 15 is 0 Å². The molecule has 90 valence electrons. The molecule has 1 rings (SSSR count). The third kappa shape index (κ3) is 4.12. The molecule has 0 aliphatic carbocycles. The van der Waals surface area contributed by atoms with E-state index in [9.17, 15) is 0 Å². The summed E-state index contributed by atoms with van der Waals surface area (Å²) in [5.74, 6) is 0. The van der Waals surface area contributed by atoms with E-state index < -0.39 is 0 Å². The number of rotatable bonds is 6. The molecule has 0 aromatic heterocycles. The van der Waals surface area contributed by atoms with Gasteiger partial charge in [0.25, 0.3) is 0 Å². The van der Waals surface area contributed by atoms with Gasteiger partial charge in [0.15, 0.2) is 0 Å². The predicted octanol–water partition coefficient (Wildman–Crippen LogP) is 3.02. The second kappa shape index (κ2) is 6.89. The molecule has 0 radical (unpaired) electrons. The first kappa shape index (κ1) is 13.5. The Kier molecular flexibility index (Phi) is 5.81. The fraction of sp³-hybridized carbons (Fsp3) is 0.538. The van der Waals surface area contributed by atoms with E-state index in [-0.39, 0.29) is 12.1 Å². The van der Waals surface area contributed by atoms with Gasteiger partial charge in [-0.15, -0.1) is 0 Å². The van der Waals surface area contributed by atoms with Gasteiger partial charge in [-0.2, -0.15) is 0 Å². The van der Waals surface area contributed by atoms with E-state index in [1.807, 2.05) is 31.2 Å². The lowest BCUT2D eigenvalue weighted by Gasteiger charge is -2.22. The molecule has 2 atom stereocenters. The van der Waals surface area contributed by atoms with Crippen LogP contribution in [0.15, 0.2) is 24.3 Å². The van der Waals surface area contributed by atoms with Crippen LogP contribution < -0.4 is 5.73 Å². The molecule has 2 N–H and O–H groups in total. The lowest BCUT2D eigenvalue weighted by Crippen LogP contribution is -2.38. The first-order valence-electron chi connectivity index (χ1n) is 5.79. The molecular weight excluding hydrogens is 222 g/mol. The lowest BCUT2D eigenvalue weighted by molar-refractivity contribution is 0.0417. The summed E-state index contributed by atoms with van der Waals surface area (Å²) < 4.78 is 5.60. The number of hydrogen-bond donors (Lipinski definition) is 1. The van der Waals surface area contributed by atoms with Gasteiger partial charge in [0.2, 0.25) is 0 Å². The van der Waals surface area contributed by atoms with Gasteiger partial charge in [-0.05, 0) is 37.5 Å². The fourth-order valence-electron chi connectivity index (χ4n) is 1.78. The van der Waals surface area contributed by atoms with Crippen LogP contribution in [-0.4, -0.2) is 18.8 Å². The van der Waals surface area contributed by atoms with Gasteiger partial charge in [0.05, 0.1) is 6.10 Å². The Labute approximate surface area is 103 Å². The fourth-order valence-corrected chi connectivity index (χ4v) is 1.91. The molecule has 0 saturated heterocycles. The molecule has 0 amide bonds. The van der Waals surface area contributed by atoms with Gasteiger partial charge in [-0.1, -0.05) is 30.7 Å². The second-order valence-corrected chi connectivity index (χ2v) is 4.33. The molecule has 16 heavy (non-hydrogen) atoms. The summed E-state index contributed by atoms with van der Waals surface area (Å²) in [5, 5.41) is 0.758. The minimum absolute atomic E-state index is 0.0473. The minimum Gasteiger partial charge on any atom is -0.377 e. The Morgan fingerprint density at radius 3 is 2.38 bits per heavy atom. The molecule has 0 heterocycles. The Bertz CT molecular complexity index is 299. The van der Waals surface area contributed by atoms with Crippen molar-refractivity contribution in [2.45, 2.75) is 38.8 Å². The first-order valence-corrected chi connectivity index (χ1v) is 6.16. The van der Waals surface area contributed by atoms with Crippen molar-refractivity contribution >= 4 is 11.6 Å². The van der Waals surface area contributed by atoms with E-state index in [1.54, 1.807) is 0 Å². The second-order valence-electron chi connectivity index (χ2n) is 3.90. The zero-order valence-corrected chi connectivity index (χ0v) is 10.7. The molecule has 0 fully saturated rings. The maximum absolute atomic E-state index is 6.13. The van der Waals surface area contributed by atoms with Gasteiger partial charge < -0.3 is 10.5 Å². The van der Waals surface area contributed by atoms with Crippen LogP contribution in [0.2, 0.25) is 5.02 Å². The summed E-state index contributed by atoms with van der Waals surface area (Å²) in [4.78, 5) is 0. The van der Waals surface area contributed by atoms with Crippen LogP contribution in [0.4, 0.5) is 0 Å². The van der Waals surface area contributed by atoms with E-state index in [0.717, 1.165) is 17.9 Å². The maximum Gasteiger partial charge on any atom is 0.0726 e. The van der Waals surface area contributed by atoms with E-state index in [1.165, 1.54) is 5.56 Å². The molecule has 0 aliphatic rings. The highest BCUT2D eigenvalue weighted by atomic mass is 35.5. The highest BCUT2D eigenvalue weighted by Crippen LogP contribution is 2.13. The molecule has 0 saturated carbocycles. The lowest BCUT2D eigenvalue weighted by atomic mass is 10.0. The van der Waals surface area contributed by atoms with Crippen LogP contribution in [0.25, 0.3) is 0 Å². The number of nitrogens with two attached hydrogens (primary N) is 1. The summed E-state index contributed by atoms with van der Waals surface area (Å²) >= 11 is 5.83. The number of ether oxygens (including phenoxy) is 1. The van der Waals surface area contributed by atoms with Gasteiger partial charge in [0, 0.05) is 17.7 Å². The first-order chi connectivity index (χ1) is 7.67. The van der Waals surface area contributed by atoms with Crippen molar-refractivity contribution in [1.82, 2.24) is 0 Å². The van der Waals surface area contributed by atoms with Crippen molar-refractivity contribution in [3.63, 3.8) is 0 Å². The van der Waals surface area contributed by atoms with Crippen LogP contribution in [0.5, 0.6) is 0 Å². The van der Waals surface area contributed by atoms with Crippen molar-refractivity contribution in [1.29, 1.82) is 0 Å². The minimum atomic E-state index is 0.0473. The van der Waals surface area contributed by atoms with E-state index in [4.69, 9.17) is 22.1 Å². The Morgan fingerprint density at radius 1 is 1.25 bits per heavy atom. The molecule has 2 nitrogen and oxygen atoms in total. The average molecular weight is 242 g/mol. The molecule has 2 unspecified atom stereocenters. The van der Waals surface area contributed by atoms with Crippen molar-refractivity contribution in [3.8, 4) is 0 Å². The molecule has 0 spiro atoms. The summed E-state index contributed by atoms with van der Waals surface area (Å²) in [6.07, 6.45) is 1.92. The van der Waals surface area contributed by atoms with Crippen molar-refractivity contribution in [3.05, 3.63) is 34.9 Å². The van der Waals surface area contributed by atoms with Gasteiger partial charge in [0.1, 0.15) is 0 Å². The standard InChI is InChI=1S/C13H20ClNO/c1-3-13(16-4-2)12(15)9-10-5-7-11(14)8-6-10/h5-8,12-13H,3-4,9,15H2,1-2H3. The van der Waals surface area contributed by atoms with Crippen LogP contribution in [0, 0.1) is 0 Å². The maximum atomic E-state index is 6.13. The van der Waals surface area contributed by atoms with Crippen molar-refractivity contribution in [2.75, 3.05) is 6.61 Å². The van der Waals surface area contributed by atoms with Crippen molar-refractivity contribution in [2.24, 2.45) is 5.73 Å². The summed E-state index contributed by atoms with van der Waals surface area (Å²) in [5.41, 5.74) is 7.33. The highest BCUT2D eigenvalue weighted by Gasteiger charge is 2.16. The Hall–Kier alpha value is -0.570. The summed E-state index contributed by atoms with van der Waals surface area (Å²) in [6.45, 7) is 4.81. The average Bonchev–Trinajstić information content (AvgIpc) is 2.29. The van der Waals surface area contributed by atoms with Gasteiger partial charge in [-0.25, -0.2) is 0 Å². The van der Waals surface area contributed by atoms with E-state index in [0.29, 0.717) is 6.61 Å². The molecular formula is C13H20ClNO.